The van der Waals surface area contributed by atoms with Crippen molar-refractivity contribution in [3.8, 4) is 11.5 Å². The van der Waals surface area contributed by atoms with Crippen LogP contribution < -0.4 is 14.8 Å². The van der Waals surface area contributed by atoms with Crippen LogP contribution in [0.15, 0.2) is 42.5 Å². The van der Waals surface area contributed by atoms with Crippen LogP contribution in [0.1, 0.15) is 31.4 Å². The molecular formula is C19H24ClNO2. The van der Waals surface area contributed by atoms with Crippen LogP contribution in [0.25, 0.3) is 0 Å². The van der Waals surface area contributed by atoms with Crippen molar-refractivity contribution < 1.29 is 9.47 Å². The summed E-state index contributed by atoms with van der Waals surface area (Å²) in [6.45, 7) is 6.87. The minimum absolute atomic E-state index is 0.491. The van der Waals surface area contributed by atoms with Gasteiger partial charge in [0.05, 0.1) is 6.61 Å². The zero-order valence-electron chi connectivity index (χ0n) is 13.8. The lowest BCUT2D eigenvalue weighted by molar-refractivity contribution is 0.269. The van der Waals surface area contributed by atoms with E-state index in [9.17, 15) is 0 Å². The average molecular weight is 334 g/mol. The molecule has 0 aliphatic rings. The number of benzene rings is 2. The molecule has 0 aromatic heterocycles. The van der Waals surface area contributed by atoms with Crippen molar-refractivity contribution in [2.45, 2.75) is 33.4 Å². The second-order valence-corrected chi connectivity index (χ2v) is 5.68. The lowest BCUT2D eigenvalue weighted by Gasteiger charge is -2.15. The highest BCUT2D eigenvalue weighted by Crippen LogP contribution is 2.34. The van der Waals surface area contributed by atoms with Gasteiger partial charge in [0, 0.05) is 17.6 Å². The molecule has 0 saturated heterocycles. The van der Waals surface area contributed by atoms with Gasteiger partial charge >= 0.3 is 0 Å². The number of hydrogen-bond acceptors (Lipinski definition) is 3. The Morgan fingerprint density at radius 1 is 1.00 bits per heavy atom. The maximum absolute atomic E-state index is 6.39. The van der Waals surface area contributed by atoms with Crippen molar-refractivity contribution in [2.24, 2.45) is 0 Å². The van der Waals surface area contributed by atoms with Gasteiger partial charge in [0.25, 0.3) is 0 Å². The molecule has 4 heteroatoms. The summed E-state index contributed by atoms with van der Waals surface area (Å²) in [6.07, 6.45) is 1.09. The molecule has 2 rings (SSSR count). The molecule has 0 heterocycles. The normalized spacial score (nSPS) is 10.6. The summed E-state index contributed by atoms with van der Waals surface area (Å²) in [5.41, 5.74) is 2.13. The van der Waals surface area contributed by atoms with Crippen LogP contribution in [0.4, 0.5) is 0 Å². The molecule has 3 nitrogen and oxygen atoms in total. The molecule has 23 heavy (non-hydrogen) atoms. The van der Waals surface area contributed by atoms with Crippen molar-refractivity contribution in [2.75, 3.05) is 13.2 Å². The second kappa shape index (κ2) is 9.43. The molecule has 0 radical (unpaired) electrons. The standard InChI is InChI=1S/C19H24ClNO2/c1-3-10-21-13-16-11-18(22-4-2)19(12-17(16)20)23-14-15-8-6-5-7-9-15/h5-9,11-12,21H,3-4,10,13-14H2,1-2H3. The fourth-order valence-corrected chi connectivity index (χ4v) is 2.45. The quantitative estimate of drug-likeness (QED) is 0.667. The van der Waals surface area contributed by atoms with Gasteiger partial charge in [-0.05, 0) is 37.1 Å². The molecule has 0 aliphatic carbocycles. The fraction of sp³-hybridized carbons (Fsp3) is 0.368. The van der Waals surface area contributed by atoms with E-state index in [2.05, 4.69) is 12.2 Å². The van der Waals surface area contributed by atoms with Crippen LogP contribution in [0.3, 0.4) is 0 Å². The highest BCUT2D eigenvalue weighted by Gasteiger charge is 2.11. The Kier molecular flexibility index (Phi) is 7.24. The molecule has 2 aromatic carbocycles. The Bertz CT molecular complexity index is 602. The van der Waals surface area contributed by atoms with Crippen LogP contribution in [-0.2, 0) is 13.2 Å². The topological polar surface area (TPSA) is 30.5 Å². The Balaban J connectivity index is 2.12. The van der Waals surface area contributed by atoms with E-state index in [0.29, 0.717) is 24.0 Å². The van der Waals surface area contributed by atoms with Crippen molar-refractivity contribution in [3.05, 3.63) is 58.6 Å². The zero-order valence-corrected chi connectivity index (χ0v) is 14.5. The second-order valence-electron chi connectivity index (χ2n) is 5.27. The van der Waals surface area contributed by atoms with Gasteiger partial charge in [0.2, 0.25) is 0 Å². The minimum Gasteiger partial charge on any atom is -0.490 e. The van der Waals surface area contributed by atoms with E-state index >= 15 is 0 Å². The van der Waals surface area contributed by atoms with E-state index in [1.807, 2.05) is 49.4 Å². The summed E-state index contributed by atoms with van der Waals surface area (Å²) in [6, 6.07) is 13.9. The zero-order chi connectivity index (χ0) is 16.5. The van der Waals surface area contributed by atoms with Crippen LogP contribution >= 0.6 is 11.6 Å². The largest absolute Gasteiger partial charge is 0.490 e. The van der Waals surface area contributed by atoms with Gasteiger partial charge in [-0.3, -0.25) is 0 Å². The summed E-state index contributed by atoms with van der Waals surface area (Å²) in [4.78, 5) is 0. The lowest BCUT2D eigenvalue weighted by Crippen LogP contribution is -2.14. The number of hydrogen-bond donors (Lipinski definition) is 1. The number of nitrogens with one attached hydrogen (secondary N) is 1. The Morgan fingerprint density at radius 2 is 1.74 bits per heavy atom. The third-order valence-electron chi connectivity index (χ3n) is 3.39. The number of halogens is 1. The lowest BCUT2D eigenvalue weighted by atomic mass is 10.2. The summed E-state index contributed by atoms with van der Waals surface area (Å²) in [7, 11) is 0. The molecule has 0 saturated carbocycles. The third kappa shape index (κ3) is 5.45. The highest BCUT2D eigenvalue weighted by molar-refractivity contribution is 6.31. The molecule has 0 aliphatic heterocycles. The van der Waals surface area contributed by atoms with E-state index in [4.69, 9.17) is 21.1 Å². The van der Waals surface area contributed by atoms with Gasteiger partial charge in [-0.1, -0.05) is 48.9 Å². The number of rotatable bonds is 9. The first-order valence-corrected chi connectivity index (χ1v) is 8.45. The number of ether oxygens (including phenoxy) is 2. The molecular weight excluding hydrogens is 310 g/mol. The summed E-state index contributed by atoms with van der Waals surface area (Å²) < 4.78 is 11.6. The van der Waals surface area contributed by atoms with Gasteiger partial charge in [-0.2, -0.15) is 0 Å². The van der Waals surface area contributed by atoms with E-state index < -0.39 is 0 Å². The maximum atomic E-state index is 6.39. The molecule has 0 unspecified atom stereocenters. The van der Waals surface area contributed by atoms with Gasteiger partial charge in [0.1, 0.15) is 6.61 Å². The first-order chi connectivity index (χ1) is 11.2. The first kappa shape index (κ1) is 17.6. The van der Waals surface area contributed by atoms with Gasteiger partial charge in [-0.25, -0.2) is 0 Å². The average Bonchev–Trinajstić information content (AvgIpc) is 2.57. The van der Waals surface area contributed by atoms with Gasteiger partial charge in [0.15, 0.2) is 11.5 Å². The summed E-state index contributed by atoms with van der Waals surface area (Å²) >= 11 is 6.39. The predicted molar refractivity (Wildman–Crippen MR) is 95.4 cm³/mol. The SMILES string of the molecule is CCCNCc1cc(OCC)c(OCc2ccccc2)cc1Cl. The summed E-state index contributed by atoms with van der Waals surface area (Å²) in [5, 5.41) is 4.05. The molecule has 0 amide bonds. The van der Waals surface area contributed by atoms with Crippen molar-refractivity contribution in [1.29, 1.82) is 0 Å². The Morgan fingerprint density at radius 3 is 2.43 bits per heavy atom. The first-order valence-electron chi connectivity index (χ1n) is 8.07. The smallest absolute Gasteiger partial charge is 0.163 e. The molecule has 1 N–H and O–H groups in total. The van der Waals surface area contributed by atoms with Crippen LogP contribution in [-0.4, -0.2) is 13.2 Å². The Labute approximate surface area is 143 Å². The van der Waals surface area contributed by atoms with Crippen LogP contribution in [0.5, 0.6) is 11.5 Å². The summed E-state index contributed by atoms with van der Waals surface area (Å²) in [5.74, 6) is 1.42. The van der Waals surface area contributed by atoms with Gasteiger partial charge in [-0.15, -0.1) is 0 Å². The molecule has 124 valence electrons. The fourth-order valence-electron chi connectivity index (χ4n) is 2.23. The maximum Gasteiger partial charge on any atom is 0.163 e. The molecule has 0 spiro atoms. The Hall–Kier alpha value is -1.71. The molecule has 0 bridgehead atoms. The van der Waals surface area contributed by atoms with Crippen molar-refractivity contribution >= 4 is 11.6 Å². The molecule has 0 atom stereocenters. The van der Waals surface area contributed by atoms with E-state index in [-0.39, 0.29) is 0 Å². The van der Waals surface area contributed by atoms with Crippen LogP contribution in [0.2, 0.25) is 5.02 Å². The van der Waals surface area contributed by atoms with E-state index in [1.54, 1.807) is 0 Å². The third-order valence-corrected chi connectivity index (χ3v) is 3.74. The van der Waals surface area contributed by atoms with Crippen molar-refractivity contribution in [1.82, 2.24) is 5.32 Å². The van der Waals surface area contributed by atoms with E-state index in [0.717, 1.165) is 36.4 Å². The minimum atomic E-state index is 0.491. The predicted octanol–water partition coefficient (Wildman–Crippen LogP) is 4.82. The van der Waals surface area contributed by atoms with Crippen LogP contribution in [0, 0.1) is 0 Å². The van der Waals surface area contributed by atoms with Crippen molar-refractivity contribution in [3.63, 3.8) is 0 Å². The van der Waals surface area contributed by atoms with Gasteiger partial charge < -0.3 is 14.8 Å². The highest BCUT2D eigenvalue weighted by atomic mass is 35.5. The molecule has 2 aromatic rings. The monoisotopic (exact) mass is 333 g/mol. The van der Waals surface area contributed by atoms with E-state index in [1.165, 1.54) is 0 Å². The molecule has 0 fully saturated rings.